The minimum Gasteiger partial charge on any atom is -0.440 e. The summed E-state index contributed by atoms with van der Waals surface area (Å²) in [5.41, 5.74) is 4.36. The largest absolute Gasteiger partial charge is 0.440 e. The van der Waals surface area contributed by atoms with Crippen molar-refractivity contribution in [2.45, 2.75) is 66.4 Å². The Balaban J connectivity index is 0.000000694. The van der Waals surface area contributed by atoms with Crippen molar-refractivity contribution in [1.82, 2.24) is 25.3 Å². The number of carbonyl (C=O) groups is 1. The predicted octanol–water partition coefficient (Wildman–Crippen LogP) is 7.29. The molecule has 258 valence electrons. The summed E-state index contributed by atoms with van der Waals surface area (Å²) in [4.78, 5) is 19.6. The molecule has 0 saturated heterocycles. The van der Waals surface area contributed by atoms with Crippen molar-refractivity contribution in [3.8, 4) is 5.69 Å². The fraction of sp³-hybridized carbons (Fsp3) is 0.395. The maximum absolute atomic E-state index is 13.3. The highest BCUT2D eigenvalue weighted by atomic mass is 16.5. The molecule has 2 aromatic rings. The number of nitrogens with one attached hydrogen (secondary N) is 3. The average molecular weight is 656 g/mol. The molecule has 1 aromatic carbocycles. The van der Waals surface area contributed by atoms with Gasteiger partial charge in [-0.1, -0.05) is 68.8 Å². The lowest BCUT2D eigenvalue weighted by molar-refractivity contribution is 0.0776. The summed E-state index contributed by atoms with van der Waals surface area (Å²) in [7, 11) is 3.88. The number of hydrogen-bond acceptors (Lipinski definition) is 7. The number of urea groups is 1. The zero-order valence-electron chi connectivity index (χ0n) is 30.0. The van der Waals surface area contributed by atoms with Crippen LogP contribution in [0.3, 0.4) is 0 Å². The van der Waals surface area contributed by atoms with E-state index in [1.165, 1.54) is 0 Å². The standard InChI is InChI=1S/C32H38N6O2.C6H15NO/c1-23-15-17-25(18-16-23)38-29(21-28(36-38)32(3,4)5)35-31(39)34-27-14-10-13-26(12-9-7-8-11-24(27)2)40-30-19-20-37(6)22-33-30;1-4-8-6(2)5-7-3/h7-9,11-19,21-22H,10,20H2,1-6H3,(H2,34,35,39);6-7H,4-5H2,1-3H3/b8-7+,12-9+,24-11+,26-13+,27-14+;. The Labute approximate surface area is 286 Å². The molecule has 48 heavy (non-hydrogen) atoms. The highest BCUT2D eigenvalue weighted by Crippen LogP contribution is 2.26. The summed E-state index contributed by atoms with van der Waals surface area (Å²) in [6.07, 6.45) is 18.1. The Bertz CT molecular complexity index is 1560. The quantitative estimate of drug-likeness (QED) is 0.262. The molecule has 2 amide bonds. The summed E-state index contributed by atoms with van der Waals surface area (Å²) < 4.78 is 13.0. The van der Waals surface area contributed by atoms with Gasteiger partial charge in [-0.25, -0.2) is 14.5 Å². The third kappa shape index (κ3) is 12.5. The van der Waals surface area contributed by atoms with Gasteiger partial charge in [-0.3, -0.25) is 5.32 Å². The van der Waals surface area contributed by atoms with Crippen LogP contribution in [0.25, 0.3) is 5.69 Å². The van der Waals surface area contributed by atoms with E-state index in [2.05, 4.69) is 48.6 Å². The first-order valence-electron chi connectivity index (χ1n) is 16.5. The van der Waals surface area contributed by atoms with Crippen molar-refractivity contribution in [2.24, 2.45) is 4.99 Å². The van der Waals surface area contributed by atoms with Gasteiger partial charge in [-0.15, -0.1) is 0 Å². The molecule has 2 heterocycles. The molecule has 1 aromatic heterocycles. The van der Waals surface area contributed by atoms with Crippen molar-refractivity contribution < 1.29 is 14.3 Å². The minimum absolute atomic E-state index is 0.180. The summed E-state index contributed by atoms with van der Waals surface area (Å²) in [5.74, 6) is 1.83. The highest BCUT2D eigenvalue weighted by molar-refractivity contribution is 5.90. The molecule has 1 atom stereocenters. The number of likely N-dealkylation sites (N-methyl/N-ethyl adjacent to an activating group) is 2. The van der Waals surface area contributed by atoms with E-state index >= 15 is 0 Å². The highest BCUT2D eigenvalue weighted by Gasteiger charge is 2.22. The van der Waals surface area contributed by atoms with E-state index in [-0.39, 0.29) is 11.4 Å². The number of hydrogen-bond donors (Lipinski definition) is 3. The lowest BCUT2D eigenvalue weighted by Crippen LogP contribution is -2.29. The molecule has 1 aliphatic carbocycles. The fourth-order valence-corrected chi connectivity index (χ4v) is 4.54. The van der Waals surface area contributed by atoms with Crippen LogP contribution in [0.1, 0.15) is 59.2 Å². The summed E-state index contributed by atoms with van der Waals surface area (Å²) in [6, 6.07) is 9.63. The summed E-state index contributed by atoms with van der Waals surface area (Å²) in [6.45, 7) is 16.9. The van der Waals surface area contributed by atoms with Crippen LogP contribution in [-0.2, 0) is 14.9 Å². The van der Waals surface area contributed by atoms with Crippen LogP contribution in [-0.4, -0.2) is 66.9 Å². The molecule has 2 aliphatic rings. The third-order valence-corrected chi connectivity index (χ3v) is 7.24. The van der Waals surface area contributed by atoms with Gasteiger partial charge in [-0.05, 0) is 77.1 Å². The van der Waals surface area contributed by atoms with Crippen molar-refractivity contribution in [1.29, 1.82) is 0 Å². The van der Waals surface area contributed by atoms with Gasteiger partial charge < -0.3 is 25.0 Å². The Hall–Kier alpha value is -4.67. The first-order valence-corrected chi connectivity index (χ1v) is 16.5. The molecule has 0 saturated carbocycles. The molecule has 0 fully saturated rings. The number of benzene rings is 1. The van der Waals surface area contributed by atoms with Crippen LogP contribution in [0.5, 0.6) is 0 Å². The van der Waals surface area contributed by atoms with Gasteiger partial charge in [0.25, 0.3) is 0 Å². The number of nitrogens with zero attached hydrogens (tertiary/aromatic N) is 4. The van der Waals surface area contributed by atoms with Gasteiger partial charge in [-0.2, -0.15) is 5.10 Å². The Morgan fingerprint density at radius 1 is 1.04 bits per heavy atom. The van der Waals surface area contributed by atoms with E-state index in [1.54, 1.807) is 11.0 Å². The van der Waals surface area contributed by atoms with Crippen molar-refractivity contribution in [3.05, 3.63) is 113 Å². The number of carbonyl (C=O) groups excluding carboxylic acids is 1. The van der Waals surface area contributed by atoms with Crippen LogP contribution >= 0.6 is 0 Å². The van der Waals surface area contributed by atoms with E-state index in [0.717, 1.165) is 42.2 Å². The molecular formula is C38H53N7O3. The smallest absolute Gasteiger partial charge is 0.324 e. The maximum atomic E-state index is 13.3. The normalized spacial score (nSPS) is 20.1. The van der Waals surface area contributed by atoms with Gasteiger partial charge in [0.1, 0.15) is 11.6 Å². The molecule has 4 rings (SSSR count). The fourth-order valence-electron chi connectivity index (χ4n) is 4.54. The van der Waals surface area contributed by atoms with Crippen molar-refractivity contribution in [3.63, 3.8) is 0 Å². The first-order chi connectivity index (χ1) is 22.9. The third-order valence-electron chi connectivity index (χ3n) is 7.24. The second-order valence-corrected chi connectivity index (χ2v) is 12.7. The SMILES string of the molecule is CC1=C\C=C\C=C\C(OC2=CCN(C)C=N2)=C/C/C=C\1NC(=O)Nc1cc(C(C)(C)C)nn1-c1ccc(C)cc1.CCOC(C)CNC. The van der Waals surface area contributed by atoms with Gasteiger partial charge in [0, 0.05) is 43.9 Å². The number of allylic oxidation sites excluding steroid dienone is 8. The number of rotatable bonds is 9. The zero-order valence-corrected chi connectivity index (χ0v) is 30.0. The van der Waals surface area contributed by atoms with Gasteiger partial charge in [0.15, 0.2) is 0 Å². The first kappa shape index (κ1) is 37.8. The molecule has 0 bridgehead atoms. The van der Waals surface area contributed by atoms with Crippen LogP contribution in [0.4, 0.5) is 10.6 Å². The topological polar surface area (TPSA) is 105 Å². The van der Waals surface area contributed by atoms with Gasteiger partial charge in [0.2, 0.25) is 5.88 Å². The van der Waals surface area contributed by atoms with E-state index in [1.807, 2.05) is 119 Å². The zero-order chi connectivity index (χ0) is 35.1. The number of aliphatic imine (C=N–C) groups is 1. The molecule has 10 nitrogen and oxygen atoms in total. The number of aryl methyl sites for hydroxylation is 1. The van der Waals surface area contributed by atoms with Gasteiger partial charge >= 0.3 is 6.03 Å². The van der Waals surface area contributed by atoms with Crippen LogP contribution in [0.2, 0.25) is 0 Å². The molecule has 1 unspecified atom stereocenters. The average Bonchev–Trinajstić information content (AvgIpc) is 3.45. The summed E-state index contributed by atoms with van der Waals surface area (Å²) >= 11 is 0. The lowest BCUT2D eigenvalue weighted by Gasteiger charge is -2.16. The second-order valence-electron chi connectivity index (χ2n) is 12.7. The van der Waals surface area contributed by atoms with E-state index in [9.17, 15) is 4.79 Å². The number of ether oxygens (including phenoxy) is 2. The number of amides is 2. The predicted molar refractivity (Wildman–Crippen MR) is 197 cm³/mol. The lowest BCUT2D eigenvalue weighted by atomic mass is 9.92. The van der Waals surface area contributed by atoms with Crippen LogP contribution in [0.15, 0.2) is 107 Å². The molecule has 3 N–H and O–H groups in total. The Kier molecular flexibility index (Phi) is 14.7. The molecule has 1 aliphatic heterocycles. The number of anilines is 1. The van der Waals surface area contributed by atoms with Crippen LogP contribution < -0.4 is 16.0 Å². The minimum atomic E-state index is -0.351. The number of aromatic nitrogens is 2. The monoisotopic (exact) mass is 655 g/mol. The van der Waals surface area contributed by atoms with Crippen LogP contribution in [0, 0.1) is 6.92 Å². The van der Waals surface area contributed by atoms with E-state index < -0.39 is 0 Å². The van der Waals surface area contributed by atoms with E-state index in [4.69, 9.17) is 14.6 Å². The van der Waals surface area contributed by atoms with E-state index in [0.29, 0.717) is 35.7 Å². The molecule has 10 heteroatoms. The van der Waals surface area contributed by atoms with Gasteiger partial charge in [0.05, 0.1) is 23.8 Å². The Morgan fingerprint density at radius 3 is 2.44 bits per heavy atom. The molecule has 0 spiro atoms. The molecular weight excluding hydrogens is 602 g/mol. The van der Waals surface area contributed by atoms with Crippen molar-refractivity contribution in [2.75, 3.05) is 39.1 Å². The molecule has 0 radical (unpaired) electrons. The van der Waals surface area contributed by atoms with Crippen molar-refractivity contribution >= 4 is 18.2 Å². The summed E-state index contributed by atoms with van der Waals surface area (Å²) in [5, 5.41) is 13.9. The Morgan fingerprint density at radius 2 is 1.79 bits per heavy atom. The second kappa shape index (κ2) is 18.6. The maximum Gasteiger partial charge on any atom is 0.324 e.